The molecule has 1 fully saturated rings. The van der Waals surface area contributed by atoms with Crippen molar-refractivity contribution in [1.29, 1.82) is 0 Å². The van der Waals surface area contributed by atoms with Crippen LogP contribution in [0.2, 0.25) is 0 Å². The van der Waals surface area contributed by atoms with Crippen molar-refractivity contribution in [1.82, 2.24) is 10.2 Å². The molecule has 0 aromatic carbocycles. The summed E-state index contributed by atoms with van der Waals surface area (Å²) < 4.78 is 0. The Kier molecular flexibility index (Phi) is 3.35. The van der Waals surface area contributed by atoms with Gasteiger partial charge in [0.2, 0.25) is 0 Å². The standard InChI is InChI=1S/C11H10N2O2S2/c1-2-13-10(15)8(9(14)12-11(13)16)6-7-4-3-5-17-7/h3-6H,2H2,1H3,(H,12,14,16)/b8-6+. The fraction of sp³-hybridized carbons (Fsp3) is 0.182. The van der Waals surface area contributed by atoms with E-state index in [9.17, 15) is 9.59 Å². The molecule has 0 saturated carbocycles. The molecule has 2 heterocycles. The average molecular weight is 266 g/mol. The molecule has 88 valence electrons. The number of rotatable bonds is 2. The van der Waals surface area contributed by atoms with Crippen molar-refractivity contribution in [2.24, 2.45) is 0 Å². The quantitative estimate of drug-likeness (QED) is 0.500. The minimum atomic E-state index is -0.432. The summed E-state index contributed by atoms with van der Waals surface area (Å²) >= 11 is 6.40. The maximum atomic E-state index is 12.0. The highest BCUT2D eigenvalue weighted by molar-refractivity contribution is 7.80. The van der Waals surface area contributed by atoms with Gasteiger partial charge in [-0.15, -0.1) is 11.3 Å². The van der Waals surface area contributed by atoms with Crippen LogP contribution in [0.5, 0.6) is 0 Å². The van der Waals surface area contributed by atoms with Gasteiger partial charge in [0.25, 0.3) is 11.8 Å². The third kappa shape index (κ3) is 2.27. The van der Waals surface area contributed by atoms with Gasteiger partial charge in [0.15, 0.2) is 5.11 Å². The van der Waals surface area contributed by atoms with E-state index in [1.54, 1.807) is 6.08 Å². The molecule has 2 amide bonds. The molecule has 1 aliphatic heterocycles. The van der Waals surface area contributed by atoms with E-state index < -0.39 is 5.91 Å². The van der Waals surface area contributed by atoms with Gasteiger partial charge >= 0.3 is 0 Å². The molecule has 0 aliphatic carbocycles. The highest BCUT2D eigenvalue weighted by atomic mass is 32.1. The van der Waals surface area contributed by atoms with E-state index in [0.717, 1.165) is 4.88 Å². The second-order valence-electron chi connectivity index (χ2n) is 3.38. The summed E-state index contributed by atoms with van der Waals surface area (Å²) in [6.07, 6.45) is 1.59. The summed E-state index contributed by atoms with van der Waals surface area (Å²) in [6, 6.07) is 3.71. The number of hydrogen-bond acceptors (Lipinski definition) is 4. The van der Waals surface area contributed by atoms with Gasteiger partial charge in [-0.3, -0.25) is 19.8 Å². The van der Waals surface area contributed by atoms with Crippen LogP contribution in [0.15, 0.2) is 23.1 Å². The Balaban J connectivity index is 2.36. The first-order valence-electron chi connectivity index (χ1n) is 5.06. The summed E-state index contributed by atoms with van der Waals surface area (Å²) in [4.78, 5) is 25.9. The van der Waals surface area contributed by atoms with Crippen molar-refractivity contribution in [2.45, 2.75) is 6.92 Å². The van der Waals surface area contributed by atoms with Crippen molar-refractivity contribution in [3.8, 4) is 0 Å². The van der Waals surface area contributed by atoms with E-state index in [1.807, 2.05) is 24.4 Å². The molecule has 6 heteroatoms. The second kappa shape index (κ2) is 4.77. The number of carbonyl (C=O) groups is 2. The van der Waals surface area contributed by atoms with Gasteiger partial charge in [-0.05, 0) is 36.7 Å². The summed E-state index contributed by atoms with van der Waals surface area (Å²) in [6.45, 7) is 2.25. The molecule has 1 aromatic heterocycles. The number of amides is 2. The molecular weight excluding hydrogens is 256 g/mol. The number of thiocarbonyl (C=S) groups is 1. The molecule has 1 N–H and O–H groups in total. The summed E-state index contributed by atoms with van der Waals surface area (Å²) in [5.41, 5.74) is 0.128. The predicted octanol–water partition coefficient (Wildman–Crippen LogP) is 1.39. The minimum absolute atomic E-state index is 0.128. The largest absolute Gasteiger partial charge is 0.298 e. The van der Waals surface area contributed by atoms with Gasteiger partial charge in [-0.25, -0.2) is 0 Å². The van der Waals surface area contributed by atoms with E-state index in [2.05, 4.69) is 5.32 Å². The zero-order chi connectivity index (χ0) is 12.4. The van der Waals surface area contributed by atoms with Crippen molar-refractivity contribution >= 4 is 46.6 Å². The molecule has 1 aromatic rings. The van der Waals surface area contributed by atoms with E-state index in [1.165, 1.54) is 16.2 Å². The van der Waals surface area contributed by atoms with Gasteiger partial charge in [0.1, 0.15) is 5.57 Å². The number of hydrogen-bond donors (Lipinski definition) is 1. The lowest BCUT2D eigenvalue weighted by Crippen LogP contribution is -2.53. The molecule has 17 heavy (non-hydrogen) atoms. The third-order valence-corrected chi connectivity index (χ3v) is 3.47. The average Bonchev–Trinajstić information content (AvgIpc) is 2.77. The van der Waals surface area contributed by atoms with Crippen LogP contribution in [0.4, 0.5) is 0 Å². The van der Waals surface area contributed by atoms with Gasteiger partial charge in [-0.2, -0.15) is 0 Å². The number of nitrogens with one attached hydrogen (secondary N) is 1. The van der Waals surface area contributed by atoms with Crippen LogP contribution in [-0.2, 0) is 9.59 Å². The molecule has 4 nitrogen and oxygen atoms in total. The van der Waals surface area contributed by atoms with Crippen LogP contribution in [0.25, 0.3) is 6.08 Å². The van der Waals surface area contributed by atoms with Crippen LogP contribution in [0.3, 0.4) is 0 Å². The monoisotopic (exact) mass is 266 g/mol. The highest BCUT2D eigenvalue weighted by Crippen LogP contribution is 2.17. The molecule has 2 rings (SSSR count). The Morgan fingerprint density at radius 2 is 2.29 bits per heavy atom. The van der Waals surface area contributed by atoms with Crippen molar-refractivity contribution in [2.75, 3.05) is 6.54 Å². The van der Waals surface area contributed by atoms with Crippen LogP contribution >= 0.6 is 23.6 Å². The summed E-state index contributed by atoms with van der Waals surface area (Å²) in [5, 5.41) is 4.57. The Morgan fingerprint density at radius 3 is 2.88 bits per heavy atom. The zero-order valence-electron chi connectivity index (χ0n) is 9.10. The van der Waals surface area contributed by atoms with Crippen molar-refractivity contribution in [3.63, 3.8) is 0 Å². The van der Waals surface area contributed by atoms with Crippen LogP contribution in [-0.4, -0.2) is 28.4 Å². The van der Waals surface area contributed by atoms with Crippen molar-refractivity contribution in [3.05, 3.63) is 28.0 Å². The third-order valence-electron chi connectivity index (χ3n) is 2.33. The number of carbonyl (C=O) groups excluding carboxylic acids is 2. The smallest absolute Gasteiger partial charge is 0.265 e. The van der Waals surface area contributed by atoms with Crippen LogP contribution in [0.1, 0.15) is 11.8 Å². The van der Waals surface area contributed by atoms with Crippen LogP contribution in [0, 0.1) is 0 Å². The zero-order valence-corrected chi connectivity index (χ0v) is 10.7. The molecule has 0 unspecified atom stereocenters. The lowest BCUT2D eigenvalue weighted by Gasteiger charge is -2.27. The van der Waals surface area contributed by atoms with E-state index >= 15 is 0 Å². The molecular formula is C11H10N2O2S2. The highest BCUT2D eigenvalue weighted by Gasteiger charge is 2.32. The number of thiophene rings is 1. The summed E-state index contributed by atoms with van der Waals surface area (Å²) in [5.74, 6) is -0.771. The molecule has 1 saturated heterocycles. The fourth-order valence-electron chi connectivity index (χ4n) is 1.50. The summed E-state index contributed by atoms with van der Waals surface area (Å²) in [7, 11) is 0. The fourth-order valence-corrected chi connectivity index (χ4v) is 2.46. The normalized spacial score (nSPS) is 18.8. The van der Waals surface area contributed by atoms with E-state index in [-0.39, 0.29) is 16.6 Å². The Hall–Kier alpha value is -1.53. The molecule has 0 radical (unpaired) electrons. The first kappa shape index (κ1) is 11.9. The lowest BCUT2D eigenvalue weighted by molar-refractivity contribution is -0.128. The number of nitrogens with zero attached hydrogens (tertiary/aromatic N) is 1. The molecule has 0 bridgehead atoms. The Morgan fingerprint density at radius 1 is 1.53 bits per heavy atom. The maximum absolute atomic E-state index is 12.0. The molecule has 0 atom stereocenters. The van der Waals surface area contributed by atoms with Gasteiger partial charge < -0.3 is 0 Å². The maximum Gasteiger partial charge on any atom is 0.265 e. The molecule has 0 spiro atoms. The Labute approximate surface area is 108 Å². The van der Waals surface area contributed by atoms with Crippen molar-refractivity contribution < 1.29 is 9.59 Å². The number of likely N-dealkylation sites (N-methyl/N-ethyl adjacent to an activating group) is 1. The Bertz CT molecular complexity index is 506. The van der Waals surface area contributed by atoms with Gasteiger partial charge in [0.05, 0.1) is 0 Å². The van der Waals surface area contributed by atoms with E-state index in [0.29, 0.717) is 6.54 Å². The van der Waals surface area contributed by atoms with Gasteiger partial charge in [-0.1, -0.05) is 6.07 Å². The van der Waals surface area contributed by atoms with Gasteiger partial charge in [0, 0.05) is 11.4 Å². The van der Waals surface area contributed by atoms with Crippen LogP contribution < -0.4 is 5.32 Å². The minimum Gasteiger partial charge on any atom is -0.298 e. The first-order chi connectivity index (χ1) is 8.13. The second-order valence-corrected chi connectivity index (χ2v) is 4.75. The topological polar surface area (TPSA) is 49.4 Å². The lowest BCUT2D eigenvalue weighted by atomic mass is 10.1. The van der Waals surface area contributed by atoms with E-state index in [4.69, 9.17) is 12.2 Å². The first-order valence-corrected chi connectivity index (χ1v) is 6.34. The SMILES string of the molecule is CCN1C(=O)/C(=C/c2cccs2)C(=O)NC1=S. The predicted molar refractivity (Wildman–Crippen MR) is 70.4 cm³/mol. The molecule has 1 aliphatic rings.